The third-order valence-electron chi connectivity index (χ3n) is 5.21. The second-order valence-corrected chi connectivity index (χ2v) is 8.42. The number of hydrogen-bond donors (Lipinski definition) is 2. The summed E-state index contributed by atoms with van der Waals surface area (Å²) >= 11 is 1.53. The van der Waals surface area contributed by atoms with Crippen molar-refractivity contribution in [1.82, 2.24) is 10.6 Å². The fraction of sp³-hybridized carbons (Fsp3) is 0.333. The van der Waals surface area contributed by atoms with Gasteiger partial charge in [-0.3, -0.25) is 9.59 Å². The fourth-order valence-electron chi connectivity index (χ4n) is 3.31. The topological polar surface area (TPSA) is 58.2 Å². The zero-order valence-corrected chi connectivity index (χ0v) is 17.9. The van der Waals surface area contributed by atoms with Gasteiger partial charge in [0.25, 0.3) is 11.8 Å². The summed E-state index contributed by atoms with van der Waals surface area (Å²) in [5.41, 5.74) is 4.41. The van der Waals surface area contributed by atoms with E-state index < -0.39 is 0 Å². The summed E-state index contributed by atoms with van der Waals surface area (Å²) in [7, 11) is 0. The summed E-state index contributed by atoms with van der Waals surface area (Å²) in [4.78, 5) is 26.4. The average molecular weight is 409 g/mol. The highest BCUT2D eigenvalue weighted by Crippen LogP contribution is 2.19. The normalized spacial score (nSPS) is 14.3. The van der Waals surface area contributed by atoms with Gasteiger partial charge in [0.1, 0.15) is 5.70 Å². The van der Waals surface area contributed by atoms with Gasteiger partial charge in [-0.05, 0) is 86.7 Å². The van der Waals surface area contributed by atoms with Crippen LogP contribution in [0.2, 0.25) is 0 Å². The maximum atomic E-state index is 12.8. The first-order valence-electron chi connectivity index (χ1n) is 10.1. The average Bonchev–Trinajstić information content (AvgIpc) is 3.23. The first kappa shape index (κ1) is 21.1. The molecule has 4 nitrogen and oxygen atoms in total. The van der Waals surface area contributed by atoms with Gasteiger partial charge < -0.3 is 10.6 Å². The van der Waals surface area contributed by atoms with Crippen LogP contribution < -0.4 is 10.6 Å². The number of aryl methyl sites for hydroxylation is 2. The number of rotatable bonds is 7. The van der Waals surface area contributed by atoms with Crippen molar-refractivity contribution in [2.75, 3.05) is 6.54 Å². The van der Waals surface area contributed by atoms with E-state index in [1.54, 1.807) is 12.1 Å². The smallest absolute Gasteiger partial charge is 0.267 e. The van der Waals surface area contributed by atoms with Crippen molar-refractivity contribution in [1.29, 1.82) is 0 Å². The summed E-state index contributed by atoms with van der Waals surface area (Å²) < 4.78 is 0. The first-order valence-corrected chi connectivity index (χ1v) is 11.0. The molecule has 1 aliphatic carbocycles. The highest BCUT2D eigenvalue weighted by Gasteiger charge is 2.15. The summed E-state index contributed by atoms with van der Waals surface area (Å²) in [6.45, 7) is 4.56. The van der Waals surface area contributed by atoms with E-state index >= 15 is 0 Å². The molecule has 0 saturated carbocycles. The predicted molar refractivity (Wildman–Crippen MR) is 120 cm³/mol. The summed E-state index contributed by atoms with van der Waals surface area (Å²) in [6.07, 6.45) is 9.64. The molecule has 2 aromatic rings. The molecule has 5 heteroatoms. The highest BCUT2D eigenvalue weighted by atomic mass is 32.1. The van der Waals surface area contributed by atoms with E-state index in [2.05, 4.69) is 16.7 Å². The fourth-order valence-corrected chi connectivity index (χ4v) is 3.97. The molecule has 0 unspecified atom stereocenters. The molecule has 1 aromatic heterocycles. The number of thiophene rings is 1. The van der Waals surface area contributed by atoms with Crippen molar-refractivity contribution in [2.24, 2.45) is 0 Å². The zero-order valence-electron chi connectivity index (χ0n) is 17.1. The van der Waals surface area contributed by atoms with Crippen molar-refractivity contribution in [3.63, 3.8) is 0 Å². The third kappa shape index (κ3) is 6.16. The molecular weight excluding hydrogens is 380 g/mol. The molecule has 29 heavy (non-hydrogen) atoms. The van der Waals surface area contributed by atoms with Crippen molar-refractivity contribution < 1.29 is 9.59 Å². The number of carbonyl (C=O) groups is 2. The summed E-state index contributed by atoms with van der Waals surface area (Å²) in [6, 6.07) is 9.40. The van der Waals surface area contributed by atoms with Crippen LogP contribution in [0.3, 0.4) is 0 Å². The maximum Gasteiger partial charge on any atom is 0.267 e. The van der Waals surface area contributed by atoms with E-state index in [-0.39, 0.29) is 17.5 Å². The molecule has 3 rings (SSSR count). The van der Waals surface area contributed by atoms with Gasteiger partial charge in [-0.25, -0.2) is 0 Å². The molecule has 152 valence electrons. The molecular formula is C24H28N2O2S. The van der Waals surface area contributed by atoms with Crippen molar-refractivity contribution in [3.05, 3.63) is 74.6 Å². The minimum Gasteiger partial charge on any atom is -0.350 e. The Morgan fingerprint density at radius 1 is 1.14 bits per heavy atom. The van der Waals surface area contributed by atoms with Crippen LogP contribution in [0.15, 0.2) is 53.1 Å². The van der Waals surface area contributed by atoms with Crippen LogP contribution in [0.4, 0.5) is 0 Å². The second kappa shape index (κ2) is 10.2. The first-order chi connectivity index (χ1) is 14.0. The number of amides is 2. The maximum absolute atomic E-state index is 12.8. The molecule has 0 atom stereocenters. The number of nitrogens with one attached hydrogen (secondary N) is 2. The Labute approximate surface area is 176 Å². The quantitative estimate of drug-likeness (QED) is 0.492. The molecule has 0 saturated heterocycles. The Hall–Kier alpha value is -2.66. The standard InChI is InChI=1S/C24H28N2O2S/c1-17-10-11-20(15-18(17)2)23(27)26-22(16-21-9-6-14-29-21)24(28)25-13-12-19-7-4-3-5-8-19/h6-7,9-11,14-16H,3-5,8,12-13H2,1-2H3,(H,25,28)(H,26,27)/b22-16-. The van der Waals surface area contributed by atoms with Gasteiger partial charge in [0.15, 0.2) is 0 Å². The van der Waals surface area contributed by atoms with Crippen LogP contribution in [-0.4, -0.2) is 18.4 Å². The lowest BCUT2D eigenvalue weighted by atomic mass is 9.97. The van der Waals surface area contributed by atoms with Gasteiger partial charge in [-0.15, -0.1) is 11.3 Å². The molecule has 1 heterocycles. The molecule has 1 aromatic carbocycles. The second-order valence-electron chi connectivity index (χ2n) is 7.44. The Bertz CT molecular complexity index is 926. The monoisotopic (exact) mass is 408 g/mol. The van der Waals surface area contributed by atoms with Gasteiger partial charge in [-0.1, -0.05) is 23.8 Å². The van der Waals surface area contributed by atoms with Crippen molar-refractivity contribution in [3.8, 4) is 0 Å². The molecule has 0 radical (unpaired) electrons. The molecule has 0 aliphatic heterocycles. The van der Waals surface area contributed by atoms with E-state index in [1.165, 1.54) is 29.8 Å². The van der Waals surface area contributed by atoms with E-state index in [0.717, 1.165) is 35.3 Å². The lowest BCUT2D eigenvalue weighted by Gasteiger charge is -2.14. The third-order valence-corrected chi connectivity index (χ3v) is 6.03. The van der Waals surface area contributed by atoms with E-state index in [4.69, 9.17) is 0 Å². The van der Waals surface area contributed by atoms with Crippen molar-refractivity contribution in [2.45, 2.75) is 46.0 Å². The lowest BCUT2D eigenvalue weighted by Crippen LogP contribution is -2.35. The minimum atomic E-state index is -0.277. The highest BCUT2D eigenvalue weighted by molar-refractivity contribution is 7.10. The van der Waals surface area contributed by atoms with Crippen LogP contribution >= 0.6 is 11.3 Å². The number of benzene rings is 1. The SMILES string of the molecule is Cc1ccc(C(=O)N/C(=C\c2cccs2)C(=O)NCCC2=CCCCC2)cc1C. The Morgan fingerprint density at radius 3 is 2.69 bits per heavy atom. The van der Waals surface area contributed by atoms with Gasteiger partial charge >= 0.3 is 0 Å². The van der Waals surface area contributed by atoms with Crippen LogP contribution in [0.1, 0.15) is 58.5 Å². The zero-order chi connectivity index (χ0) is 20.6. The van der Waals surface area contributed by atoms with Crippen LogP contribution in [0.25, 0.3) is 6.08 Å². The molecule has 2 N–H and O–H groups in total. The van der Waals surface area contributed by atoms with Crippen LogP contribution in [0, 0.1) is 13.8 Å². The van der Waals surface area contributed by atoms with E-state index in [1.807, 2.05) is 43.5 Å². The molecule has 0 fully saturated rings. The number of hydrogen-bond acceptors (Lipinski definition) is 3. The Morgan fingerprint density at radius 2 is 2.00 bits per heavy atom. The van der Waals surface area contributed by atoms with Crippen molar-refractivity contribution >= 4 is 29.2 Å². The minimum absolute atomic E-state index is 0.257. The largest absolute Gasteiger partial charge is 0.350 e. The van der Waals surface area contributed by atoms with E-state index in [9.17, 15) is 9.59 Å². The molecule has 0 bridgehead atoms. The van der Waals surface area contributed by atoms with Gasteiger partial charge in [0.2, 0.25) is 0 Å². The summed E-state index contributed by atoms with van der Waals surface area (Å²) in [5.74, 6) is -0.534. The summed E-state index contributed by atoms with van der Waals surface area (Å²) in [5, 5.41) is 7.72. The van der Waals surface area contributed by atoms with Gasteiger partial charge in [0, 0.05) is 17.0 Å². The molecule has 0 spiro atoms. The van der Waals surface area contributed by atoms with Crippen LogP contribution in [-0.2, 0) is 4.79 Å². The van der Waals surface area contributed by atoms with Gasteiger partial charge in [0.05, 0.1) is 0 Å². The lowest BCUT2D eigenvalue weighted by molar-refractivity contribution is -0.117. The Balaban J connectivity index is 1.68. The van der Waals surface area contributed by atoms with E-state index in [0.29, 0.717) is 12.1 Å². The number of carbonyl (C=O) groups excluding carboxylic acids is 2. The molecule has 1 aliphatic rings. The predicted octanol–water partition coefficient (Wildman–Crippen LogP) is 5.14. The molecule has 2 amide bonds. The number of allylic oxidation sites excluding steroid dienone is 1. The van der Waals surface area contributed by atoms with Gasteiger partial charge in [-0.2, -0.15) is 0 Å². The van der Waals surface area contributed by atoms with Crippen LogP contribution in [0.5, 0.6) is 0 Å². The Kier molecular flexibility index (Phi) is 7.42.